The topological polar surface area (TPSA) is 105 Å². The van der Waals surface area contributed by atoms with Crippen LogP contribution in [-0.2, 0) is 4.79 Å². The van der Waals surface area contributed by atoms with Crippen molar-refractivity contribution >= 4 is 34.6 Å². The van der Waals surface area contributed by atoms with Crippen LogP contribution in [0.15, 0.2) is 42.5 Å². The Morgan fingerprint density at radius 1 is 1.00 bits per heavy atom. The van der Waals surface area contributed by atoms with Gasteiger partial charge in [0.15, 0.2) is 0 Å². The molecule has 3 rings (SSSR count). The summed E-state index contributed by atoms with van der Waals surface area (Å²) in [5.41, 5.74) is 2.03. The molecule has 0 saturated carbocycles. The second kappa shape index (κ2) is 8.72. The van der Waals surface area contributed by atoms with E-state index in [0.29, 0.717) is 17.1 Å². The molecular formula is C21H24N4O4. The van der Waals surface area contributed by atoms with Gasteiger partial charge in [0.05, 0.1) is 16.2 Å². The molecule has 1 saturated heterocycles. The van der Waals surface area contributed by atoms with Gasteiger partial charge in [-0.25, -0.2) is 0 Å². The zero-order valence-electron chi connectivity index (χ0n) is 16.5. The molecule has 152 valence electrons. The predicted octanol–water partition coefficient (Wildman–Crippen LogP) is 4.04. The maximum atomic E-state index is 12.9. The number of rotatable bonds is 6. The average molecular weight is 396 g/mol. The third kappa shape index (κ3) is 4.90. The zero-order valence-corrected chi connectivity index (χ0v) is 16.5. The van der Waals surface area contributed by atoms with Crippen LogP contribution in [0.1, 0.15) is 37.0 Å². The fraction of sp³-hybridized carbons (Fsp3) is 0.333. The van der Waals surface area contributed by atoms with Gasteiger partial charge in [0, 0.05) is 42.5 Å². The van der Waals surface area contributed by atoms with E-state index in [4.69, 9.17) is 0 Å². The minimum Gasteiger partial charge on any atom is -0.371 e. The van der Waals surface area contributed by atoms with Crippen LogP contribution in [0.2, 0.25) is 0 Å². The maximum Gasteiger partial charge on any atom is 0.270 e. The first-order valence-electron chi connectivity index (χ1n) is 9.61. The first-order valence-corrected chi connectivity index (χ1v) is 9.61. The fourth-order valence-corrected chi connectivity index (χ4v) is 3.18. The summed E-state index contributed by atoms with van der Waals surface area (Å²) in [7, 11) is 0. The Labute approximate surface area is 169 Å². The third-order valence-electron chi connectivity index (χ3n) is 4.82. The Hall–Kier alpha value is -3.42. The highest BCUT2D eigenvalue weighted by Crippen LogP contribution is 2.29. The SMILES string of the molecule is CC(C)C(=O)Nc1ccc(NC(=O)c2cc([N+](=O)[O-])ccc2N2CCCC2)cc1. The minimum absolute atomic E-state index is 0.0892. The van der Waals surface area contributed by atoms with Crippen LogP contribution in [-0.4, -0.2) is 29.8 Å². The van der Waals surface area contributed by atoms with Gasteiger partial charge in [-0.2, -0.15) is 0 Å². The van der Waals surface area contributed by atoms with Gasteiger partial charge in [-0.05, 0) is 43.2 Å². The summed E-state index contributed by atoms with van der Waals surface area (Å²) >= 11 is 0. The summed E-state index contributed by atoms with van der Waals surface area (Å²) < 4.78 is 0. The van der Waals surface area contributed by atoms with E-state index in [0.717, 1.165) is 25.9 Å². The highest BCUT2D eigenvalue weighted by Gasteiger charge is 2.22. The largest absolute Gasteiger partial charge is 0.371 e. The first-order chi connectivity index (χ1) is 13.8. The van der Waals surface area contributed by atoms with Crippen molar-refractivity contribution in [3.8, 4) is 0 Å². The van der Waals surface area contributed by atoms with Crippen molar-refractivity contribution in [2.45, 2.75) is 26.7 Å². The van der Waals surface area contributed by atoms with Gasteiger partial charge in [0.1, 0.15) is 0 Å². The van der Waals surface area contributed by atoms with Crippen LogP contribution < -0.4 is 15.5 Å². The predicted molar refractivity (Wildman–Crippen MR) is 112 cm³/mol. The van der Waals surface area contributed by atoms with E-state index in [2.05, 4.69) is 15.5 Å². The lowest BCUT2D eigenvalue weighted by Gasteiger charge is -2.21. The van der Waals surface area contributed by atoms with E-state index >= 15 is 0 Å². The van der Waals surface area contributed by atoms with Crippen LogP contribution in [0.5, 0.6) is 0 Å². The molecule has 1 fully saturated rings. The summed E-state index contributed by atoms with van der Waals surface area (Å²) in [6.45, 7) is 5.26. The third-order valence-corrected chi connectivity index (χ3v) is 4.82. The molecule has 0 bridgehead atoms. The molecule has 2 N–H and O–H groups in total. The Kier molecular flexibility index (Phi) is 6.11. The van der Waals surface area contributed by atoms with Crippen molar-refractivity contribution in [1.29, 1.82) is 0 Å². The molecule has 0 unspecified atom stereocenters. The van der Waals surface area contributed by atoms with Crippen molar-refractivity contribution in [3.63, 3.8) is 0 Å². The Balaban J connectivity index is 1.79. The smallest absolute Gasteiger partial charge is 0.270 e. The molecular weight excluding hydrogens is 372 g/mol. The molecule has 0 spiro atoms. The number of nitro benzene ring substituents is 1. The number of non-ortho nitro benzene ring substituents is 1. The van der Waals surface area contributed by atoms with E-state index < -0.39 is 10.8 Å². The molecule has 1 aliphatic rings. The van der Waals surface area contributed by atoms with Crippen molar-refractivity contribution in [2.24, 2.45) is 5.92 Å². The van der Waals surface area contributed by atoms with Crippen LogP contribution in [0.4, 0.5) is 22.7 Å². The van der Waals surface area contributed by atoms with Crippen molar-refractivity contribution in [1.82, 2.24) is 0 Å². The lowest BCUT2D eigenvalue weighted by atomic mass is 10.1. The summed E-state index contributed by atoms with van der Waals surface area (Å²) in [6, 6.07) is 11.1. The number of benzene rings is 2. The molecule has 2 amide bonds. The maximum absolute atomic E-state index is 12.9. The first kappa shape index (κ1) is 20.3. The Morgan fingerprint density at radius 3 is 2.14 bits per heavy atom. The van der Waals surface area contributed by atoms with Crippen LogP contribution in [0.3, 0.4) is 0 Å². The summed E-state index contributed by atoms with van der Waals surface area (Å²) in [6.07, 6.45) is 2.06. The van der Waals surface area contributed by atoms with Crippen LogP contribution in [0.25, 0.3) is 0 Å². The molecule has 8 nitrogen and oxygen atoms in total. The number of nitrogens with one attached hydrogen (secondary N) is 2. The van der Waals surface area contributed by atoms with Gasteiger partial charge in [0.2, 0.25) is 5.91 Å². The lowest BCUT2D eigenvalue weighted by Crippen LogP contribution is -2.23. The van der Waals surface area contributed by atoms with E-state index in [1.54, 1.807) is 44.2 Å². The van der Waals surface area contributed by atoms with Gasteiger partial charge in [-0.1, -0.05) is 13.8 Å². The molecule has 0 atom stereocenters. The highest BCUT2D eigenvalue weighted by molar-refractivity contribution is 6.08. The summed E-state index contributed by atoms with van der Waals surface area (Å²) in [4.78, 5) is 37.4. The monoisotopic (exact) mass is 396 g/mol. The van der Waals surface area contributed by atoms with Crippen LogP contribution in [0, 0.1) is 16.0 Å². The number of carbonyl (C=O) groups is 2. The normalized spacial score (nSPS) is 13.4. The van der Waals surface area contributed by atoms with Crippen molar-refractivity contribution in [2.75, 3.05) is 28.6 Å². The van der Waals surface area contributed by atoms with Crippen LogP contribution >= 0.6 is 0 Å². The van der Waals surface area contributed by atoms with Gasteiger partial charge in [0.25, 0.3) is 11.6 Å². The van der Waals surface area contributed by atoms with Crippen molar-refractivity contribution < 1.29 is 14.5 Å². The molecule has 2 aromatic carbocycles. The number of nitrogens with zero attached hydrogens (tertiary/aromatic N) is 2. The molecule has 1 heterocycles. The fourth-order valence-electron chi connectivity index (χ4n) is 3.18. The zero-order chi connectivity index (χ0) is 21.0. The average Bonchev–Trinajstić information content (AvgIpc) is 3.23. The number of anilines is 3. The number of hydrogen-bond donors (Lipinski definition) is 2. The van der Waals surface area contributed by atoms with Gasteiger partial charge in [-0.3, -0.25) is 19.7 Å². The molecule has 29 heavy (non-hydrogen) atoms. The molecule has 0 aliphatic carbocycles. The van der Waals surface area contributed by atoms with Gasteiger partial charge < -0.3 is 15.5 Å². The number of nitro groups is 1. The van der Waals surface area contributed by atoms with E-state index in [1.807, 2.05) is 0 Å². The summed E-state index contributed by atoms with van der Waals surface area (Å²) in [5, 5.41) is 16.7. The second-order valence-corrected chi connectivity index (χ2v) is 7.33. The quantitative estimate of drug-likeness (QED) is 0.566. The lowest BCUT2D eigenvalue weighted by molar-refractivity contribution is -0.384. The standard InChI is InChI=1S/C21H24N4O4/c1-14(2)20(26)22-15-5-7-16(8-6-15)23-21(27)18-13-17(25(28)29)9-10-19(18)24-11-3-4-12-24/h5-10,13-14H,3-4,11-12H2,1-2H3,(H,22,26)(H,23,27). The number of amides is 2. The number of hydrogen-bond acceptors (Lipinski definition) is 5. The highest BCUT2D eigenvalue weighted by atomic mass is 16.6. The molecule has 8 heteroatoms. The molecule has 2 aromatic rings. The van der Waals surface area contributed by atoms with E-state index in [1.165, 1.54) is 12.1 Å². The Bertz CT molecular complexity index is 919. The molecule has 0 aromatic heterocycles. The summed E-state index contributed by atoms with van der Waals surface area (Å²) in [5.74, 6) is -0.629. The number of carbonyl (C=O) groups excluding carboxylic acids is 2. The van der Waals surface area contributed by atoms with E-state index in [-0.39, 0.29) is 23.1 Å². The van der Waals surface area contributed by atoms with Crippen molar-refractivity contribution in [3.05, 3.63) is 58.1 Å². The minimum atomic E-state index is -0.503. The molecule has 0 radical (unpaired) electrons. The Morgan fingerprint density at radius 2 is 1.59 bits per heavy atom. The van der Waals surface area contributed by atoms with Gasteiger partial charge >= 0.3 is 0 Å². The second-order valence-electron chi connectivity index (χ2n) is 7.33. The van der Waals surface area contributed by atoms with Gasteiger partial charge in [-0.15, -0.1) is 0 Å². The van der Waals surface area contributed by atoms with E-state index in [9.17, 15) is 19.7 Å². The molecule has 1 aliphatic heterocycles.